The second-order valence-electron chi connectivity index (χ2n) is 7.95. The molecule has 1 aromatic carbocycles. The molecule has 34 heavy (non-hydrogen) atoms. The highest BCUT2D eigenvalue weighted by atomic mass is 32.1. The highest BCUT2D eigenvalue weighted by Crippen LogP contribution is 2.34. The summed E-state index contributed by atoms with van der Waals surface area (Å²) < 4.78 is 9.59. The van der Waals surface area contributed by atoms with Gasteiger partial charge in [0.25, 0.3) is 11.8 Å². The van der Waals surface area contributed by atoms with Crippen molar-refractivity contribution in [1.29, 1.82) is 0 Å². The quantitative estimate of drug-likeness (QED) is 0.435. The van der Waals surface area contributed by atoms with E-state index in [0.717, 1.165) is 29.9 Å². The smallest absolute Gasteiger partial charge is 0.273 e. The fourth-order valence-electron chi connectivity index (χ4n) is 3.76. The van der Waals surface area contributed by atoms with Crippen molar-refractivity contribution in [1.82, 2.24) is 9.69 Å². The van der Waals surface area contributed by atoms with Gasteiger partial charge in [-0.2, -0.15) is 4.37 Å². The highest BCUT2D eigenvalue weighted by Gasteiger charge is 2.36. The van der Waals surface area contributed by atoms with Crippen LogP contribution >= 0.6 is 22.9 Å². The van der Waals surface area contributed by atoms with Gasteiger partial charge in [-0.3, -0.25) is 19.3 Å². The normalized spacial score (nSPS) is 16.2. The molecule has 3 amide bonds. The second-order valence-corrected chi connectivity index (χ2v) is 9.70. The number of hydrogen-bond acceptors (Lipinski definition) is 8. The van der Waals surface area contributed by atoms with Gasteiger partial charge in [0.05, 0.1) is 11.8 Å². The fourth-order valence-corrected chi connectivity index (χ4v) is 5.32. The van der Waals surface area contributed by atoms with Crippen LogP contribution in [0, 0.1) is 6.92 Å². The average Bonchev–Trinajstić information content (AvgIpc) is 3.58. The van der Waals surface area contributed by atoms with Crippen molar-refractivity contribution >= 4 is 52.0 Å². The molecule has 11 heteroatoms. The molecule has 1 aliphatic rings. The summed E-state index contributed by atoms with van der Waals surface area (Å²) in [6, 6.07) is 9.92. The number of amides is 3. The first kappa shape index (κ1) is 23.9. The lowest BCUT2D eigenvalue weighted by Crippen LogP contribution is -2.45. The summed E-state index contributed by atoms with van der Waals surface area (Å²) in [6.45, 7) is 2.96. The lowest BCUT2D eigenvalue weighted by Gasteiger charge is -2.30. The van der Waals surface area contributed by atoms with E-state index in [1.165, 1.54) is 16.2 Å². The SMILES string of the molecule is Cc1ccc(N(C(=O)c2snc(C(N)=O)c2N)[C@@H](C(=O)NC[C@H]2CCCO2)c2cccs2)cc1. The van der Waals surface area contributed by atoms with Crippen LogP contribution in [0.4, 0.5) is 11.4 Å². The van der Waals surface area contributed by atoms with E-state index >= 15 is 0 Å². The van der Waals surface area contributed by atoms with E-state index in [4.69, 9.17) is 16.2 Å². The summed E-state index contributed by atoms with van der Waals surface area (Å²) in [5.41, 5.74) is 12.7. The van der Waals surface area contributed by atoms with Gasteiger partial charge in [-0.05, 0) is 54.9 Å². The molecule has 1 saturated heterocycles. The van der Waals surface area contributed by atoms with Crippen molar-refractivity contribution in [3.05, 3.63) is 62.8 Å². The van der Waals surface area contributed by atoms with E-state index < -0.39 is 17.9 Å². The van der Waals surface area contributed by atoms with Gasteiger partial charge in [0.2, 0.25) is 5.91 Å². The summed E-state index contributed by atoms with van der Waals surface area (Å²) in [6.07, 6.45) is 1.78. The van der Waals surface area contributed by atoms with Gasteiger partial charge >= 0.3 is 0 Å². The predicted molar refractivity (Wildman–Crippen MR) is 132 cm³/mol. The van der Waals surface area contributed by atoms with E-state index in [1.54, 1.807) is 18.2 Å². The minimum atomic E-state index is -0.963. The van der Waals surface area contributed by atoms with Crippen LogP contribution in [0.5, 0.6) is 0 Å². The second kappa shape index (κ2) is 10.3. The van der Waals surface area contributed by atoms with Gasteiger partial charge in [0.15, 0.2) is 11.7 Å². The Labute approximate surface area is 204 Å². The van der Waals surface area contributed by atoms with Crippen LogP contribution in [0.3, 0.4) is 0 Å². The maximum absolute atomic E-state index is 13.9. The highest BCUT2D eigenvalue weighted by molar-refractivity contribution is 7.10. The summed E-state index contributed by atoms with van der Waals surface area (Å²) >= 11 is 2.15. The number of thiophene rings is 1. The Bertz CT molecular complexity index is 1170. The molecular formula is C23H25N5O4S2. The number of primary amides is 1. The Morgan fingerprint density at radius 2 is 2.03 bits per heavy atom. The molecule has 0 unspecified atom stereocenters. The monoisotopic (exact) mass is 499 g/mol. The molecule has 2 aromatic heterocycles. The summed E-state index contributed by atoms with van der Waals surface area (Å²) in [5.74, 6) is -1.71. The summed E-state index contributed by atoms with van der Waals surface area (Å²) in [7, 11) is 0. The number of nitrogens with zero attached hydrogens (tertiary/aromatic N) is 2. The number of benzene rings is 1. The Kier molecular flexibility index (Phi) is 7.25. The third kappa shape index (κ3) is 4.96. The molecule has 2 atom stereocenters. The molecule has 0 bridgehead atoms. The van der Waals surface area contributed by atoms with Crippen LogP contribution in [-0.4, -0.2) is 41.4 Å². The number of aryl methyl sites for hydroxylation is 1. The maximum Gasteiger partial charge on any atom is 0.273 e. The van der Waals surface area contributed by atoms with Gasteiger partial charge in [-0.25, -0.2) is 0 Å². The number of anilines is 2. The minimum absolute atomic E-state index is 0.0443. The Morgan fingerprint density at radius 1 is 1.26 bits per heavy atom. The number of nitrogens with one attached hydrogen (secondary N) is 1. The molecule has 0 saturated carbocycles. The first-order chi connectivity index (χ1) is 16.4. The van der Waals surface area contributed by atoms with Crippen molar-refractivity contribution in [2.75, 3.05) is 23.8 Å². The lowest BCUT2D eigenvalue weighted by atomic mass is 10.1. The number of nitrogens with two attached hydrogens (primary N) is 2. The van der Waals surface area contributed by atoms with Gasteiger partial charge in [-0.15, -0.1) is 11.3 Å². The van der Waals surface area contributed by atoms with Crippen LogP contribution in [0.1, 0.15) is 49.5 Å². The lowest BCUT2D eigenvalue weighted by molar-refractivity contribution is -0.122. The molecule has 1 fully saturated rings. The van der Waals surface area contributed by atoms with Crippen LogP contribution in [0.2, 0.25) is 0 Å². The number of ether oxygens (including phenoxy) is 1. The molecule has 0 spiro atoms. The molecule has 9 nitrogen and oxygen atoms in total. The van der Waals surface area contributed by atoms with Crippen LogP contribution in [0.15, 0.2) is 41.8 Å². The zero-order chi connectivity index (χ0) is 24.2. The molecule has 0 radical (unpaired) electrons. The Hall–Kier alpha value is -3.28. The zero-order valence-electron chi connectivity index (χ0n) is 18.5. The molecule has 1 aliphatic heterocycles. The van der Waals surface area contributed by atoms with Crippen LogP contribution in [0.25, 0.3) is 0 Å². The predicted octanol–water partition coefficient (Wildman–Crippen LogP) is 2.88. The summed E-state index contributed by atoms with van der Waals surface area (Å²) in [4.78, 5) is 41.2. The number of nitrogen functional groups attached to an aromatic ring is 1. The van der Waals surface area contributed by atoms with Crippen molar-refractivity contribution < 1.29 is 19.1 Å². The van der Waals surface area contributed by atoms with Gasteiger partial charge in [0, 0.05) is 23.7 Å². The van der Waals surface area contributed by atoms with Crippen molar-refractivity contribution in [3.8, 4) is 0 Å². The van der Waals surface area contributed by atoms with Crippen LogP contribution < -0.4 is 21.7 Å². The number of carbonyl (C=O) groups is 3. The molecule has 3 heterocycles. The average molecular weight is 500 g/mol. The first-order valence-corrected chi connectivity index (χ1v) is 12.4. The van der Waals surface area contributed by atoms with E-state index in [-0.39, 0.29) is 28.3 Å². The number of rotatable bonds is 8. The first-order valence-electron chi connectivity index (χ1n) is 10.7. The molecule has 4 rings (SSSR count). The Balaban J connectivity index is 1.75. The van der Waals surface area contributed by atoms with Crippen LogP contribution in [-0.2, 0) is 9.53 Å². The summed E-state index contributed by atoms with van der Waals surface area (Å²) in [5, 5.41) is 4.80. The topological polar surface area (TPSA) is 141 Å². The number of carbonyl (C=O) groups excluding carboxylic acids is 3. The zero-order valence-corrected chi connectivity index (χ0v) is 20.2. The maximum atomic E-state index is 13.9. The van der Waals surface area contributed by atoms with E-state index in [9.17, 15) is 14.4 Å². The van der Waals surface area contributed by atoms with Gasteiger partial charge < -0.3 is 21.5 Å². The van der Waals surface area contributed by atoms with Crippen molar-refractivity contribution in [2.45, 2.75) is 31.9 Å². The number of aromatic nitrogens is 1. The molecular weight excluding hydrogens is 474 g/mol. The standard InChI is InChI=1S/C23H25N5O4S2/c1-13-6-8-14(9-7-13)28(23(31)20-17(24)18(21(25)29)27-34-20)19(16-5-3-11-33-16)22(30)26-12-15-4-2-10-32-15/h3,5-9,11,15,19H,2,4,10,12,24H2,1H3,(H2,25,29)(H,26,30)/t15-,19-/m1/s1. The molecule has 5 N–H and O–H groups in total. The largest absolute Gasteiger partial charge is 0.395 e. The molecule has 178 valence electrons. The number of hydrogen-bond donors (Lipinski definition) is 3. The fraction of sp³-hybridized carbons (Fsp3) is 0.304. The van der Waals surface area contributed by atoms with E-state index in [0.29, 0.717) is 23.7 Å². The van der Waals surface area contributed by atoms with E-state index in [1.807, 2.05) is 30.5 Å². The molecule has 0 aliphatic carbocycles. The molecule has 3 aromatic rings. The minimum Gasteiger partial charge on any atom is -0.395 e. The van der Waals surface area contributed by atoms with Gasteiger partial charge in [-0.1, -0.05) is 23.8 Å². The third-order valence-electron chi connectivity index (χ3n) is 5.53. The Morgan fingerprint density at radius 3 is 2.62 bits per heavy atom. The third-order valence-corrected chi connectivity index (χ3v) is 7.31. The van der Waals surface area contributed by atoms with Gasteiger partial charge in [0.1, 0.15) is 4.88 Å². The van der Waals surface area contributed by atoms with Crippen molar-refractivity contribution in [2.24, 2.45) is 5.73 Å². The van der Waals surface area contributed by atoms with Crippen molar-refractivity contribution in [3.63, 3.8) is 0 Å². The van der Waals surface area contributed by atoms with E-state index in [2.05, 4.69) is 9.69 Å².